The summed E-state index contributed by atoms with van der Waals surface area (Å²) in [5.41, 5.74) is 6.18. The number of primary amides is 1. The van der Waals surface area contributed by atoms with Gasteiger partial charge in [0.1, 0.15) is 29.2 Å². The molecule has 0 radical (unpaired) electrons. The van der Waals surface area contributed by atoms with Crippen molar-refractivity contribution in [3.05, 3.63) is 75.9 Å². The number of amides is 3. The number of fused-ring (bicyclic) bond motifs is 1. The smallest absolute Gasteiger partial charge is 0.336 e. The molecule has 0 aliphatic heterocycles. The lowest BCUT2D eigenvalue weighted by atomic mass is 10.0. The van der Waals surface area contributed by atoms with Crippen molar-refractivity contribution in [2.24, 2.45) is 5.73 Å². The molecule has 2 atom stereocenters. The van der Waals surface area contributed by atoms with Gasteiger partial charge in [-0.3, -0.25) is 14.4 Å². The van der Waals surface area contributed by atoms with E-state index >= 15 is 0 Å². The molecule has 0 fully saturated rings. The topological polar surface area (TPSA) is 141 Å². The Labute approximate surface area is 194 Å². The van der Waals surface area contributed by atoms with Gasteiger partial charge in [-0.2, -0.15) is 0 Å². The van der Waals surface area contributed by atoms with Gasteiger partial charge in [-0.25, -0.2) is 9.18 Å². The fourth-order valence-electron chi connectivity index (χ4n) is 3.53. The summed E-state index contributed by atoms with van der Waals surface area (Å²) in [6.07, 6.45) is -0.0202. The molecule has 9 nitrogen and oxygen atoms in total. The van der Waals surface area contributed by atoms with Crippen molar-refractivity contribution < 1.29 is 27.9 Å². The quantitative estimate of drug-likeness (QED) is 0.402. The highest BCUT2D eigenvalue weighted by Gasteiger charge is 2.26. The van der Waals surface area contributed by atoms with Gasteiger partial charge in [0, 0.05) is 37.3 Å². The van der Waals surface area contributed by atoms with Gasteiger partial charge in [-0.05, 0) is 35.4 Å². The summed E-state index contributed by atoms with van der Waals surface area (Å²) >= 11 is 0. The first kappa shape index (κ1) is 24.4. The number of carbonyl (C=O) groups is 3. The first-order valence-corrected chi connectivity index (χ1v) is 10.4. The summed E-state index contributed by atoms with van der Waals surface area (Å²) in [5.74, 6) is -1.90. The second-order valence-electron chi connectivity index (χ2n) is 7.70. The Balaban J connectivity index is 1.85. The molecule has 3 rings (SSSR count). The largest absolute Gasteiger partial charge is 0.497 e. The number of halogens is 1. The van der Waals surface area contributed by atoms with Crippen LogP contribution in [-0.2, 0) is 27.2 Å². The third kappa shape index (κ3) is 6.18. The van der Waals surface area contributed by atoms with Gasteiger partial charge in [0.25, 0.3) is 0 Å². The Bertz CT molecular complexity index is 1270. The molecule has 0 saturated carbocycles. The van der Waals surface area contributed by atoms with Crippen molar-refractivity contribution in [1.29, 1.82) is 0 Å². The molecular weight excluding hydrogens is 445 g/mol. The van der Waals surface area contributed by atoms with Gasteiger partial charge in [0.05, 0.1) is 7.11 Å². The number of nitrogens with two attached hydrogens (primary N) is 1. The molecule has 3 amide bonds. The predicted molar refractivity (Wildman–Crippen MR) is 122 cm³/mol. The Morgan fingerprint density at radius 1 is 1.03 bits per heavy atom. The van der Waals surface area contributed by atoms with Crippen molar-refractivity contribution in [2.45, 2.75) is 31.8 Å². The molecule has 1 heterocycles. The van der Waals surface area contributed by atoms with Gasteiger partial charge in [-0.15, -0.1) is 0 Å². The van der Waals surface area contributed by atoms with Gasteiger partial charge >= 0.3 is 5.63 Å². The van der Waals surface area contributed by atoms with Crippen LogP contribution in [0.3, 0.4) is 0 Å². The number of hydrogen-bond donors (Lipinski definition) is 3. The average molecular weight is 469 g/mol. The standard InChI is InChI=1S/C24H24FN3O6/c1-13(29)27-20(9-14-3-5-16(25)6-4-14)24(32)28-19(23(26)31)10-15-11-22(30)34-21-12-17(33-2)7-8-18(15)21/h3-8,11-12,19-20H,9-10H2,1-2H3,(H2,26,31)(H,27,29)(H,28,32)/t19-,20+/m0/s1. The molecule has 178 valence electrons. The van der Waals surface area contributed by atoms with Crippen molar-refractivity contribution in [3.63, 3.8) is 0 Å². The van der Waals surface area contributed by atoms with E-state index in [-0.39, 0.29) is 18.4 Å². The van der Waals surface area contributed by atoms with E-state index in [1.807, 2.05) is 0 Å². The minimum absolute atomic E-state index is 0.0643. The summed E-state index contributed by atoms with van der Waals surface area (Å²) in [6.45, 7) is 1.25. The van der Waals surface area contributed by atoms with Crippen LogP contribution >= 0.6 is 0 Å². The highest BCUT2D eigenvalue weighted by atomic mass is 19.1. The zero-order valence-corrected chi connectivity index (χ0v) is 18.6. The van der Waals surface area contributed by atoms with Crippen molar-refractivity contribution in [3.8, 4) is 5.75 Å². The maximum Gasteiger partial charge on any atom is 0.336 e. The summed E-state index contributed by atoms with van der Waals surface area (Å²) in [6, 6.07) is 9.35. The van der Waals surface area contributed by atoms with E-state index in [0.717, 1.165) is 0 Å². The second-order valence-corrected chi connectivity index (χ2v) is 7.70. The number of ether oxygens (including phenoxy) is 1. The maximum absolute atomic E-state index is 13.2. The van der Waals surface area contributed by atoms with Crippen molar-refractivity contribution in [2.75, 3.05) is 7.11 Å². The first-order valence-electron chi connectivity index (χ1n) is 10.4. The van der Waals surface area contributed by atoms with Crippen LogP contribution in [0.15, 0.2) is 57.7 Å². The lowest BCUT2D eigenvalue weighted by Gasteiger charge is -2.22. The second kappa shape index (κ2) is 10.6. The van der Waals surface area contributed by atoms with Crippen LogP contribution in [0.4, 0.5) is 4.39 Å². The van der Waals surface area contributed by atoms with E-state index in [4.69, 9.17) is 14.9 Å². The molecule has 0 spiro atoms. The molecule has 34 heavy (non-hydrogen) atoms. The Kier molecular flexibility index (Phi) is 7.62. The van der Waals surface area contributed by atoms with Crippen LogP contribution < -0.4 is 26.7 Å². The molecular formula is C24H24FN3O6. The van der Waals surface area contributed by atoms with Crippen molar-refractivity contribution >= 4 is 28.7 Å². The monoisotopic (exact) mass is 469 g/mol. The molecule has 10 heteroatoms. The van der Waals surface area contributed by atoms with E-state index in [1.165, 1.54) is 50.4 Å². The summed E-state index contributed by atoms with van der Waals surface area (Å²) < 4.78 is 23.6. The summed E-state index contributed by atoms with van der Waals surface area (Å²) in [7, 11) is 1.47. The molecule has 0 saturated heterocycles. The van der Waals surface area contributed by atoms with Crippen LogP contribution in [0.25, 0.3) is 11.0 Å². The Hall–Kier alpha value is -4.21. The minimum Gasteiger partial charge on any atom is -0.497 e. The molecule has 3 aromatic rings. The summed E-state index contributed by atoms with van der Waals surface area (Å²) in [5, 5.41) is 5.62. The third-order valence-corrected chi connectivity index (χ3v) is 5.17. The molecule has 0 aliphatic rings. The zero-order chi connectivity index (χ0) is 24.8. The normalized spacial score (nSPS) is 12.6. The van der Waals surface area contributed by atoms with Crippen LogP contribution in [0, 0.1) is 5.82 Å². The van der Waals surface area contributed by atoms with E-state index in [9.17, 15) is 23.6 Å². The van der Waals surface area contributed by atoms with Crippen molar-refractivity contribution in [1.82, 2.24) is 10.6 Å². The Morgan fingerprint density at radius 3 is 2.35 bits per heavy atom. The molecule has 1 aromatic heterocycles. The van der Waals surface area contributed by atoms with Crippen LogP contribution in [0.1, 0.15) is 18.1 Å². The molecule has 0 aliphatic carbocycles. The van der Waals surface area contributed by atoms with E-state index in [1.54, 1.807) is 12.1 Å². The fourth-order valence-corrected chi connectivity index (χ4v) is 3.53. The Morgan fingerprint density at radius 2 is 1.74 bits per heavy atom. The average Bonchev–Trinajstić information content (AvgIpc) is 2.78. The lowest BCUT2D eigenvalue weighted by molar-refractivity contribution is -0.130. The molecule has 4 N–H and O–H groups in total. The highest BCUT2D eigenvalue weighted by Crippen LogP contribution is 2.23. The van der Waals surface area contributed by atoms with Gasteiger partial charge in [-0.1, -0.05) is 12.1 Å². The van der Waals surface area contributed by atoms with Crippen LogP contribution in [0.5, 0.6) is 5.75 Å². The number of hydrogen-bond acceptors (Lipinski definition) is 6. The number of methoxy groups -OCH3 is 1. The van der Waals surface area contributed by atoms with E-state index in [2.05, 4.69) is 10.6 Å². The van der Waals surface area contributed by atoms with Crippen LogP contribution in [0.2, 0.25) is 0 Å². The third-order valence-electron chi connectivity index (χ3n) is 5.17. The fraction of sp³-hybridized carbons (Fsp3) is 0.250. The number of carbonyl (C=O) groups excluding carboxylic acids is 3. The number of benzene rings is 2. The summed E-state index contributed by atoms with van der Waals surface area (Å²) in [4.78, 5) is 48.8. The zero-order valence-electron chi connectivity index (χ0n) is 18.6. The SMILES string of the molecule is COc1ccc2c(C[C@H](NC(=O)[C@@H](Cc3ccc(F)cc3)NC(C)=O)C(N)=O)cc(=O)oc2c1. The molecule has 0 bridgehead atoms. The maximum atomic E-state index is 13.2. The highest BCUT2D eigenvalue weighted by molar-refractivity contribution is 5.92. The van der Waals surface area contributed by atoms with Gasteiger partial charge < -0.3 is 25.5 Å². The number of rotatable bonds is 9. The number of nitrogens with one attached hydrogen (secondary N) is 2. The predicted octanol–water partition coefficient (Wildman–Crippen LogP) is 1.20. The minimum atomic E-state index is -1.18. The van der Waals surface area contributed by atoms with E-state index < -0.39 is 41.2 Å². The molecule has 2 aromatic carbocycles. The van der Waals surface area contributed by atoms with Gasteiger partial charge in [0.2, 0.25) is 17.7 Å². The first-order chi connectivity index (χ1) is 16.2. The van der Waals surface area contributed by atoms with Gasteiger partial charge in [0.15, 0.2) is 0 Å². The van der Waals surface area contributed by atoms with E-state index in [0.29, 0.717) is 22.3 Å². The molecule has 0 unspecified atom stereocenters. The lowest BCUT2D eigenvalue weighted by Crippen LogP contribution is -2.54. The van der Waals surface area contributed by atoms with Crippen LogP contribution in [-0.4, -0.2) is 36.9 Å².